The van der Waals surface area contributed by atoms with Gasteiger partial charge in [0.1, 0.15) is 0 Å². The standard InChI is InChI=1S/C21H14ClN3O3S/c22-17-12-15(25(27)28)9-10-16(17)21(26)23-14-7-5-13(6-8-14)11-20-24-18-3-1-2-4-19(18)29-20/h1-10,12H,11H2,(H,23,26). The van der Waals surface area contributed by atoms with Crippen molar-refractivity contribution < 1.29 is 9.72 Å². The third kappa shape index (κ3) is 4.26. The van der Waals surface area contributed by atoms with Crippen molar-refractivity contribution in [3.05, 3.63) is 98.0 Å². The second kappa shape index (κ2) is 7.98. The summed E-state index contributed by atoms with van der Waals surface area (Å²) in [6.45, 7) is 0. The number of thiazole rings is 1. The van der Waals surface area contributed by atoms with Gasteiger partial charge in [0.25, 0.3) is 11.6 Å². The van der Waals surface area contributed by atoms with E-state index in [0.29, 0.717) is 12.1 Å². The van der Waals surface area contributed by atoms with Crippen LogP contribution in [0.4, 0.5) is 11.4 Å². The molecule has 8 heteroatoms. The number of halogens is 1. The first kappa shape index (κ1) is 19.0. The van der Waals surface area contributed by atoms with Crippen LogP contribution in [0, 0.1) is 10.1 Å². The van der Waals surface area contributed by atoms with Crippen LogP contribution in [-0.4, -0.2) is 15.8 Å². The van der Waals surface area contributed by atoms with E-state index in [4.69, 9.17) is 11.6 Å². The summed E-state index contributed by atoms with van der Waals surface area (Å²) in [5.74, 6) is -0.427. The van der Waals surface area contributed by atoms with Gasteiger partial charge in [0.2, 0.25) is 0 Å². The molecule has 144 valence electrons. The van der Waals surface area contributed by atoms with Gasteiger partial charge in [-0.3, -0.25) is 14.9 Å². The van der Waals surface area contributed by atoms with Gasteiger partial charge < -0.3 is 5.32 Å². The highest BCUT2D eigenvalue weighted by atomic mass is 35.5. The number of hydrogen-bond donors (Lipinski definition) is 1. The number of aromatic nitrogens is 1. The number of nitrogens with zero attached hydrogens (tertiary/aromatic N) is 2. The van der Waals surface area contributed by atoms with Crippen molar-refractivity contribution in [3.8, 4) is 0 Å². The second-order valence-electron chi connectivity index (χ2n) is 6.32. The molecule has 0 fully saturated rings. The van der Waals surface area contributed by atoms with Crippen molar-refractivity contribution in [1.82, 2.24) is 4.98 Å². The molecule has 6 nitrogen and oxygen atoms in total. The SMILES string of the molecule is O=C(Nc1ccc(Cc2nc3ccccc3s2)cc1)c1ccc([N+](=O)[O-])cc1Cl. The van der Waals surface area contributed by atoms with E-state index in [0.717, 1.165) is 26.9 Å². The molecule has 1 aromatic heterocycles. The van der Waals surface area contributed by atoms with Crippen molar-refractivity contribution in [2.24, 2.45) is 0 Å². The highest BCUT2D eigenvalue weighted by Crippen LogP contribution is 2.25. The first-order valence-electron chi connectivity index (χ1n) is 8.68. The summed E-state index contributed by atoms with van der Waals surface area (Å²) >= 11 is 7.68. The third-order valence-corrected chi connectivity index (χ3v) is 5.66. The zero-order valence-electron chi connectivity index (χ0n) is 15.0. The van der Waals surface area contributed by atoms with Crippen LogP contribution in [0.25, 0.3) is 10.2 Å². The molecule has 4 rings (SSSR count). The molecule has 0 aliphatic carbocycles. The molecule has 4 aromatic rings. The summed E-state index contributed by atoms with van der Waals surface area (Å²) in [5, 5.41) is 14.6. The lowest BCUT2D eigenvalue weighted by atomic mass is 10.1. The zero-order chi connectivity index (χ0) is 20.4. The number of amides is 1. The Balaban J connectivity index is 1.45. The summed E-state index contributed by atoms with van der Waals surface area (Å²) in [7, 11) is 0. The molecule has 1 amide bonds. The molecule has 0 aliphatic rings. The number of rotatable bonds is 5. The number of para-hydroxylation sites is 1. The molecule has 0 saturated heterocycles. The first-order chi connectivity index (χ1) is 14.0. The Labute approximate surface area is 174 Å². The van der Waals surface area contributed by atoms with Crippen molar-refractivity contribution >= 4 is 50.4 Å². The highest BCUT2D eigenvalue weighted by Gasteiger charge is 2.15. The molecule has 0 bridgehead atoms. The number of carbonyl (C=O) groups excluding carboxylic acids is 1. The predicted molar refractivity (Wildman–Crippen MR) is 115 cm³/mol. The van der Waals surface area contributed by atoms with Crippen LogP contribution in [0.5, 0.6) is 0 Å². The first-order valence-corrected chi connectivity index (χ1v) is 9.88. The van der Waals surface area contributed by atoms with Crippen LogP contribution in [0.2, 0.25) is 5.02 Å². The molecule has 0 aliphatic heterocycles. The van der Waals surface area contributed by atoms with E-state index in [9.17, 15) is 14.9 Å². The molecular formula is C21H14ClN3O3S. The van der Waals surface area contributed by atoms with Gasteiger partial charge in [-0.2, -0.15) is 0 Å². The molecule has 0 unspecified atom stereocenters. The minimum atomic E-state index is -0.558. The van der Waals surface area contributed by atoms with Crippen molar-refractivity contribution in [1.29, 1.82) is 0 Å². The zero-order valence-corrected chi connectivity index (χ0v) is 16.5. The van der Waals surface area contributed by atoms with Gasteiger partial charge >= 0.3 is 0 Å². The molecule has 0 spiro atoms. The van der Waals surface area contributed by atoms with E-state index >= 15 is 0 Å². The Morgan fingerprint density at radius 3 is 2.55 bits per heavy atom. The van der Waals surface area contributed by atoms with E-state index in [1.165, 1.54) is 12.1 Å². The Hall–Kier alpha value is -3.29. The fourth-order valence-corrected chi connectivity index (χ4v) is 4.14. The molecule has 0 radical (unpaired) electrons. The maximum atomic E-state index is 12.4. The largest absolute Gasteiger partial charge is 0.322 e. The van der Waals surface area contributed by atoms with Crippen LogP contribution in [0.3, 0.4) is 0 Å². The second-order valence-corrected chi connectivity index (χ2v) is 7.85. The summed E-state index contributed by atoms with van der Waals surface area (Å²) in [6, 6.07) is 19.3. The number of anilines is 1. The minimum Gasteiger partial charge on any atom is -0.322 e. The predicted octanol–water partition coefficient (Wildman–Crippen LogP) is 5.70. The molecule has 29 heavy (non-hydrogen) atoms. The molecule has 1 heterocycles. The van der Waals surface area contributed by atoms with Gasteiger partial charge in [0.05, 0.1) is 30.7 Å². The lowest BCUT2D eigenvalue weighted by Crippen LogP contribution is -2.12. The number of nitro benzene ring substituents is 1. The van der Waals surface area contributed by atoms with Crippen LogP contribution < -0.4 is 5.32 Å². The average Bonchev–Trinajstić information content (AvgIpc) is 3.11. The fraction of sp³-hybridized carbons (Fsp3) is 0.0476. The van der Waals surface area contributed by atoms with Crippen molar-refractivity contribution in [2.75, 3.05) is 5.32 Å². The van der Waals surface area contributed by atoms with Crippen LogP contribution in [0.15, 0.2) is 66.7 Å². The van der Waals surface area contributed by atoms with Crippen LogP contribution in [-0.2, 0) is 6.42 Å². The molecule has 0 atom stereocenters. The Morgan fingerprint density at radius 1 is 1.10 bits per heavy atom. The molecule has 3 aromatic carbocycles. The van der Waals surface area contributed by atoms with Gasteiger partial charge in [-0.15, -0.1) is 11.3 Å². The summed E-state index contributed by atoms with van der Waals surface area (Å²) < 4.78 is 1.16. The van der Waals surface area contributed by atoms with Gasteiger partial charge in [-0.05, 0) is 35.9 Å². The monoisotopic (exact) mass is 423 g/mol. The number of benzene rings is 3. The Bertz CT molecular complexity index is 1190. The number of nitro groups is 1. The van der Waals surface area contributed by atoms with Crippen molar-refractivity contribution in [2.45, 2.75) is 6.42 Å². The van der Waals surface area contributed by atoms with E-state index in [-0.39, 0.29) is 16.3 Å². The van der Waals surface area contributed by atoms with Crippen LogP contribution >= 0.6 is 22.9 Å². The maximum absolute atomic E-state index is 12.4. The van der Waals surface area contributed by atoms with E-state index < -0.39 is 10.8 Å². The van der Waals surface area contributed by atoms with E-state index in [1.54, 1.807) is 23.5 Å². The number of nitrogens with one attached hydrogen (secondary N) is 1. The quantitative estimate of drug-likeness (QED) is 0.329. The molecular weight excluding hydrogens is 410 g/mol. The van der Waals surface area contributed by atoms with Crippen LogP contribution in [0.1, 0.15) is 20.9 Å². The van der Waals surface area contributed by atoms with Gasteiger partial charge in [-0.1, -0.05) is 35.9 Å². The lowest BCUT2D eigenvalue weighted by Gasteiger charge is -2.07. The average molecular weight is 424 g/mol. The maximum Gasteiger partial charge on any atom is 0.270 e. The summed E-state index contributed by atoms with van der Waals surface area (Å²) in [5.41, 5.74) is 2.70. The van der Waals surface area contributed by atoms with Crippen molar-refractivity contribution in [3.63, 3.8) is 0 Å². The van der Waals surface area contributed by atoms with Gasteiger partial charge in [-0.25, -0.2) is 4.98 Å². The normalized spacial score (nSPS) is 10.8. The smallest absolute Gasteiger partial charge is 0.270 e. The molecule has 0 saturated carbocycles. The highest BCUT2D eigenvalue weighted by molar-refractivity contribution is 7.18. The lowest BCUT2D eigenvalue weighted by molar-refractivity contribution is -0.384. The topological polar surface area (TPSA) is 85.1 Å². The number of fused-ring (bicyclic) bond motifs is 1. The Kier molecular flexibility index (Phi) is 5.24. The number of non-ortho nitro benzene ring substituents is 1. The summed E-state index contributed by atoms with van der Waals surface area (Å²) in [4.78, 5) is 27.3. The van der Waals surface area contributed by atoms with Gasteiger partial charge in [0.15, 0.2) is 0 Å². The Morgan fingerprint density at radius 2 is 1.86 bits per heavy atom. The van der Waals surface area contributed by atoms with Gasteiger partial charge in [0, 0.05) is 24.2 Å². The van der Waals surface area contributed by atoms with E-state index in [1.807, 2.05) is 30.3 Å². The number of carbonyl (C=O) groups is 1. The third-order valence-electron chi connectivity index (χ3n) is 4.31. The minimum absolute atomic E-state index is 0.0316. The van der Waals surface area contributed by atoms with E-state index in [2.05, 4.69) is 16.4 Å². The fourth-order valence-electron chi connectivity index (χ4n) is 2.88. The summed E-state index contributed by atoms with van der Waals surface area (Å²) in [6.07, 6.45) is 0.710. The molecule has 1 N–H and O–H groups in total. The number of hydrogen-bond acceptors (Lipinski definition) is 5.